The monoisotopic (exact) mass is 434 g/mol. The molecule has 1 saturated heterocycles. The number of benzene rings is 1. The first kappa shape index (κ1) is 21.2. The lowest BCUT2D eigenvalue weighted by atomic mass is 9.73. The number of hydrogen-bond donors (Lipinski definition) is 0. The highest BCUT2D eigenvalue weighted by molar-refractivity contribution is 7.13. The van der Waals surface area contributed by atoms with E-state index in [1.54, 1.807) is 41.4 Å². The maximum Gasteiger partial charge on any atom is 0.274 e. The van der Waals surface area contributed by atoms with Crippen LogP contribution in [0.1, 0.15) is 28.9 Å². The van der Waals surface area contributed by atoms with E-state index in [0.717, 1.165) is 24.0 Å². The topological polar surface area (TPSA) is 66.4 Å². The minimum Gasteiger partial charge on any atom is -0.348 e. The van der Waals surface area contributed by atoms with Crippen LogP contribution in [0.4, 0.5) is 0 Å². The highest BCUT2D eigenvalue weighted by Crippen LogP contribution is 2.39. The maximum atomic E-state index is 13.5. The van der Waals surface area contributed by atoms with Gasteiger partial charge in [-0.1, -0.05) is 30.3 Å². The normalized spacial score (nSPS) is 18.6. The molecule has 0 spiro atoms. The summed E-state index contributed by atoms with van der Waals surface area (Å²) in [5.41, 5.74) is 1.93. The number of thiophene rings is 1. The van der Waals surface area contributed by atoms with Crippen LogP contribution in [0.2, 0.25) is 0 Å². The van der Waals surface area contributed by atoms with E-state index in [1.165, 1.54) is 17.3 Å². The zero-order chi connectivity index (χ0) is 21.8. The third kappa shape index (κ3) is 4.37. The molecule has 3 aromatic rings. The van der Waals surface area contributed by atoms with Gasteiger partial charge in [-0.05, 0) is 41.8 Å². The van der Waals surface area contributed by atoms with E-state index >= 15 is 0 Å². The molecule has 1 fully saturated rings. The third-order valence-electron chi connectivity index (χ3n) is 5.84. The number of nitrogens with zero attached hydrogens (tertiary/aromatic N) is 4. The molecule has 7 heteroatoms. The fourth-order valence-electron chi connectivity index (χ4n) is 4.46. The number of carbonyl (C=O) groups is 2. The molecule has 1 aromatic carbocycles. The van der Waals surface area contributed by atoms with Crippen molar-refractivity contribution in [2.45, 2.75) is 19.3 Å². The summed E-state index contributed by atoms with van der Waals surface area (Å²) in [5.74, 6) is -0.111. The summed E-state index contributed by atoms with van der Waals surface area (Å²) < 4.78 is 0. The van der Waals surface area contributed by atoms with E-state index in [1.807, 2.05) is 18.2 Å². The van der Waals surface area contributed by atoms with Gasteiger partial charge in [0.25, 0.3) is 5.91 Å². The summed E-state index contributed by atoms with van der Waals surface area (Å²) in [6, 6.07) is 12.4. The Bertz CT molecular complexity index is 1050. The van der Waals surface area contributed by atoms with Crippen molar-refractivity contribution >= 4 is 23.2 Å². The average Bonchev–Trinajstić information content (AvgIpc) is 3.34. The van der Waals surface area contributed by atoms with Crippen LogP contribution in [0.15, 0.2) is 60.4 Å². The SMILES string of the molecule is CN(C)C(=O)C1(Cc2ccccc2-c2cccs2)CCCN(C(=O)c2cnccn2)C1. The fourth-order valence-corrected chi connectivity index (χ4v) is 5.24. The Hall–Kier alpha value is -3.06. The number of amides is 2. The van der Waals surface area contributed by atoms with Crippen LogP contribution < -0.4 is 0 Å². The highest BCUT2D eigenvalue weighted by atomic mass is 32.1. The molecule has 2 aromatic heterocycles. The molecule has 6 nitrogen and oxygen atoms in total. The second kappa shape index (κ2) is 8.98. The largest absolute Gasteiger partial charge is 0.348 e. The fraction of sp³-hybridized carbons (Fsp3) is 0.333. The lowest BCUT2D eigenvalue weighted by Crippen LogP contribution is -2.54. The van der Waals surface area contributed by atoms with Gasteiger partial charge in [-0.2, -0.15) is 0 Å². The summed E-state index contributed by atoms with van der Waals surface area (Å²) in [6.07, 6.45) is 6.65. The van der Waals surface area contributed by atoms with Gasteiger partial charge in [0.2, 0.25) is 5.91 Å². The van der Waals surface area contributed by atoms with Crippen LogP contribution in [-0.4, -0.2) is 58.8 Å². The van der Waals surface area contributed by atoms with Crippen LogP contribution in [-0.2, 0) is 11.2 Å². The Kier molecular flexibility index (Phi) is 6.13. The molecule has 1 aliphatic heterocycles. The van der Waals surface area contributed by atoms with Crippen LogP contribution in [0.25, 0.3) is 10.4 Å². The summed E-state index contributed by atoms with van der Waals surface area (Å²) in [4.78, 5) is 39.4. The third-order valence-corrected chi connectivity index (χ3v) is 6.74. The molecule has 0 bridgehead atoms. The smallest absolute Gasteiger partial charge is 0.274 e. The van der Waals surface area contributed by atoms with E-state index in [-0.39, 0.29) is 11.8 Å². The van der Waals surface area contributed by atoms with Crippen molar-refractivity contribution in [3.05, 3.63) is 71.6 Å². The molecule has 1 atom stereocenters. The Morgan fingerprint density at radius 2 is 2.00 bits per heavy atom. The second-order valence-electron chi connectivity index (χ2n) is 8.21. The maximum absolute atomic E-state index is 13.5. The quantitative estimate of drug-likeness (QED) is 0.613. The van der Waals surface area contributed by atoms with Gasteiger partial charge < -0.3 is 9.80 Å². The van der Waals surface area contributed by atoms with Crippen molar-refractivity contribution in [2.75, 3.05) is 27.2 Å². The first-order chi connectivity index (χ1) is 15.0. The van der Waals surface area contributed by atoms with E-state index in [0.29, 0.717) is 25.2 Å². The van der Waals surface area contributed by atoms with Gasteiger partial charge >= 0.3 is 0 Å². The van der Waals surface area contributed by atoms with Crippen LogP contribution in [0, 0.1) is 5.41 Å². The van der Waals surface area contributed by atoms with Crippen molar-refractivity contribution < 1.29 is 9.59 Å². The number of carbonyl (C=O) groups excluding carboxylic acids is 2. The molecule has 3 heterocycles. The number of aromatic nitrogens is 2. The van der Waals surface area contributed by atoms with Gasteiger partial charge in [-0.15, -0.1) is 11.3 Å². The van der Waals surface area contributed by atoms with Gasteiger partial charge in [0.05, 0.1) is 11.6 Å². The lowest BCUT2D eigenvalue weighted by molar-refractivity contribution is -0.142. The number of piperidine rings is 1. The van der Waals surface area contributed by atoms with Crippen LogP contribution in [0.5, 0.6) is 0 Å². The summed E-state index contributed by atoms with van der Waals surface area (Å²) in [6.45, 7) is 0.989. The van der Waals surface area contributed by atoms with Crippen molar-refractivity contribution in [3.8, 4) is 10.4 Å². The van der Waals surface area contributed by atoms with E-state index in [2.05, 4.69) is 33.5 Å². The first-order valence-corrected chi connectivity index (χ1v) is 11.3. The molecule has 4 rings (SSSR count). The standard InChI is InChI=1S/C24H26N4O2S/c1-27(2)23(30)24(15-18-7-3-4-8-19(18)21-9-5-14-31-21)10-6-13-28(17-24)22(29)20-16-25-11-12-26-20/h3-5,7-9,11-12,14,16H,6,10,13,15,17H2,1-2H3. The van der Waals surface area contributed by atoms with Crippen molar-refractivity contribution in [1.82, 2.24) is 19.8 Å². The zero-order valence-corrected chi connectivity index (χ0v) is 18.6. The Morgan fingerprint density at radius 3 is 2.71 bits per heavy atom. The number of rotatable bonds is 5. The Morgan fingerprint density at radius 1 is 1.16 bits per heavy atom. The number of hydrogen-bond acceptors (Lipinski definition) is 5. The molecule has 1 unspecified atom stereocenters. The van der Waals surface area contributed by atoms with Crippen LogP contribution >= 0.6 is 11.3 Å². The minimum absolute atomic E-state index is 0.0603. The van der Waals surface area contributed by atoms with E-state index in [4.69, 9.17) is 0 Å². The predicted octanol–water partition coefficient (Wildman–Crippen LogP) is 3.76. The molecule has 0 radical (unpaired) electrons. The van der Waals surface area contributed by atoms with Gasteiger partial charge in [0, 0.05) is 44.5 Å². The summed E-state index contributed by atoms with van der Waals surface area (Å²) >= 11 is 1.69. The Balaban J connectivity index is 1.69. The molecule has 31 heavy (non-hydrogen) atoms. The first-order valence-electron chi connectivity index (χ1n) is 10.4. The summed E-state index contributed by atoms with van der Waals surface area (Å²) in [5, 5.41) is 2.06. The molecular formula is C24H26N4O2S. The minimum atomic E-state index is -0.674. The van der Waals surface area contributed by atoms with E-state index in [9.17, 15) is 9.59 Å². The zero-order valence-electron chi connectivity index (χ0n) is 17.8. The average molecular weight is 435 g/mol. The molecule has 2 amide bonds. The van der Waals surface area contributed by atoms with Gasteiger partial charge in [0.1, 0.15) is 5.69 Å². The molecule has 0 saturated carbocycles. The molecule has 1 aliphatic rings. The van der Waals surface area contributed by atoms with Gasteiger partial charge in [0.15, 0.2) is 0 Å². The van der Waals surface area contributed by atoms with Crippen molar-refractivity contribution in [1.29, 1.82) is 0 Å². The lowest BCUT2D eigenvalue weighted by Gasteiger charge is -2.43. The van der Waals surface area contributed by atoms with E-state index < -0.39 is 5.41 Å². The van der Waals surface area contributed by atoms with Crippen LogP contribution in [0.3, 0.4) is 0 Å². The highest BCUT2D eigenvalue weighted by Gasteiger charge is 2.45. The Labute approximate surface area is 186 Å². The second-order valence-corrected chi connectivity index (χ2v) is 9.16. The molecular weight excluding hydrogens is 408 g/mol. The molecule has 0 aliphatic carbocycles. The predicted molar refractivity (Wildman–Crippen MR) is 122 cm³/mol. The number of likely N-dealkylation sites (tertiary alicyclic amines) is 1. The van der Waals surface area contributed by atoms with Crippen molar-refractivity contribution in [3.63, 3.8) is 0 Å². The van der Waals surface area contributed by atoms with Gasteiger partial charge in [-0.3, -0.25) is 14.6 Å². The molecule has 0 N–H and O–H groups in total. The summed E-state index contributed by atoms with van der Waals surface area (Å²) in [7, 11) is 3.58. The molecule has 160 valence electrons. The van der Waals surface area contributed by atoms with Gasteiger partial charge in [-0.25, -0.2) is 4.98 Å². The van der Waals surface area contributed by atoms with Crippen molar-refractivity contribution in [2.24, 2.45) is 5.41 Å².